The molecule has 1 fully saturated rings. The van der Waals surface area contributed by atoms with Crippen LogP contribution in [0.5, 0.6) is 0 Å². The Morgan fingerprint density at radius 1 is 1.14 bits per heavy atom. The minimum atomic E-state index is -0.366. The molecule has 0 atom stereocenters. The molecule has 0 aliphatic carbocycles. The lowest BCUT2D eigenvalue weighted by Gasteiger charge is -2.22. The zero-order valence-corrected chi connectivity index (χ0v) is 13.2. The minimum absolute atomic E-state index is 0.366. The molecular formula is C15H30N2O4. The minimum Gasteiger partial charge on any atom is -0.450 e. The van der Waals surface area contributed by atoms with E-state index in [1.54, 1.807) is 0 Å². The molecule has 2 N–H and O–H groups in total. The zero-order chi connectivity index (χ0) is 15.2. The molecule has 1 aliphatic rings. The van der Waals surface area contributed by atoms with E-state index in [4.69, 9.17) is 14.2 Å². The molecule has 1 amide bonds. The summed E-state index contributed by atoms with van der Waals surface area (Å²) in [5.41, 5.74) is 0. The SMILES string of the molecule is CCCCOC(=O)NCCOCCOCC1CCNCC1. The normalized spacial score (nSPS) is 15.9. The number of ether oxygens (including phenoxy) is 3. The van der Waals surface area contributed by atoms with E-state index in [2.05, 4.69) is 17.6 Å². The van der Waals surface area contributed by atoms with E-state index < -0.39 is 0 Å². The molecule has 6 nitrogen and oxygen atoms in total. The van der Waals surface area contributed by atoms with Crippen LogP contribution in [-0.2, 0) is 14.2 Å². The molecule has 1 aliphatic heterocycles. The fraction of sp³-hybridized carbons (Fsp3) is 0.933. The maximum absolute atomic E-state index is 11.2. The highest BCUT2D eigenvalue weighted by molar-refractivity contribution is 5.66. The lowest BCUT2D eigenvalue weighted by atomic mass is 9.99. The number of hydrogen-bond acceptors (Lipinski definition) is 5. The van der Waals surface area contributed by atoms with Crippen LogP contribution in [0.3, 0.4) is 0 Å². The number of unbranched alkanes of at least 4 members (excludes halogenated alkanes) is 1. The van der Waals surface area contributed by atoms with Gasteiger partial charge >= 0.3 is 6.09 Å². The van der Waals surface area contributed by atoms with Crippen molar-refractivity contribution in [3.05, 3.63) is 0 Å². The number of carbonyl (C=O) groups excluding carboxylic acids is 1. The van der Waals surface area contributed by atoms with Crippen molar-refractivity contribution in [2.75, 3.05) is 52.7 Å². The Morgan fingerprint density at radius 3 is 2.67 bits per heavy atom. The van der Waals surface area contributed by atoms with Gasteiger partial charge in [-0.1, -0.05) is 13.3 Å². The summed E-state index contributed by atoms with van der Waals surface area (Å²) >= 11 is 0. The van der Waals surface area contributed by atoms with Gasteiger partial charge in [-0.3, -0.25) is 0 Å². The summed E-state index contributed by atoms with van der Waals surface area (Å²) in [5, 5.41) is 5.99. The number of rotatable bonds is 11. The van der Waals surface area contributed by atoms with Gasteiger partial charge in [0.1, 0.15) is 0 Å². The molecule has 0 aromatic carbocycles. The summed E-state index contributed by atoms with van der Waals surface area (Å²) in [6.07, 6.45) is 3.95. The first kappa shape index (κ1) is 18.2. The van der Waals surface area contributed by atoms with Gasteiger partial charge in [-0.25, -0.2) is 4.79 Å². The Bertz CT molecular complexity index is 258. The van der Waals surface area contributed by atoms with Gasteiger partial charge in [0.25, 0.3) is 0 Å². The Labute approximate surface area is 127 Å². The molecule has 124 valence electrons. The molecule has 21 heavy (non-hydrogen) atoms. The number of hydrogen-bond donors (Lipinski definition) is 2. The van der Waals surface area contributed by atoms with E-state index in [0.717, 1.165) is 32.5 Å². The van der Waals surface area contributed by atoms with Crippen molar-refractivity contribution in [1.82, 2.24) is 10.6 Å². The van der Waals surface area contributed by atoms with Crippen molar-refractivity contribution in [2.45, 2.75) is 32.6 Å². The fourth-order valence-corrected chi connectivity index (χ4v) is 2.10. The number of carbonyl (C=O) groups is 1. The van der Waals surface area contributed by atoms with Crippen LogP contribution in [0, 0.1) is 5.92 Å². The standard InChI is InChI=1S/C15H30N2O4/c1-2-3-9-21-15(18)17-8-10-19-11-12-20-13-14-4-6-16-7-5-14/h14,16H,2-13H2,1H3,(H,17,18). The van der Waals surface area contributed by atoms with E-state index >= 15 is 0 Å². The van der Waals surface area contributed by atoms with Gasteiger partial charge in [-0.2, -0.15) is 0 Å². The van der Waals surface area contributed by atoms with Crippen LogP contribution in [0.25, 0.3) is 0 Å². The predicted octanol–water partition coefficient (Wildman–Crippen LogP) is 1.55. The lowest BCUT2D eigenvalue weighted by Crippen LogP contribution is -2.30. The van der Waals surface area contributed by atoms with Crippen LogP contribution < -0.4 is 10.6 Å². The van der Waals surface area contributed by atoms with Crippen molar-refractivity contribution in [3.8, 4) is 0 Å². The van der Waals surface area contributed by atoms with Crippen molar-refractivity contribution >= 4 is 6.09 Å². The van der Waals surface area contributed by atoms with Crippen molar-refractivity contribution in [3.63, 3.8) is 0 Å². The van der Waals surface area contributed by atoms with Crippen molar-refractivity contribution in [1.29, 1.82) is 0 Å². The van der Waals surface area contributed by atoms with E-state index in [9.17, 15) is 4.79 Å². The molecule has 0 spiro atoms. The molecular weight excluding hydrogens is 272 g/mol. The molecule has 0 saturated carbocycles. The third-order valence-corrected chi connectivity index (χ3v) is 3.43. The first-order chi connectivity index (χ1) is 10.3. The topological polar surface area (TPSA) is 68.8 Å². The summed E-state index contributed by atoms with van der Waals surface area (Å²) in [7, 11) is 0. The van der Waals surface area contributed by atoms with Crippen LogP contribution in [0.2, 0.25) is 0 Å². The highest BCUT2D eigenvalue weighted by atomic mass is 16.5. The van der Waals surface area contributed by atoms with Crippen molar-refractivity contribution in [2.24, 2.45) is 5.92 Å². The highest BCUT2D eigenvalue weighted by Crippen LogP contribution is 2.11. The summed E-state index contributed by atoms with van der Waals surface area (Å²) in [4.78, 5) is 11.2. The predicted molar refractivity (Wildman–Crippen MR) is 81.5 cm³/mol. The number of amides is 1. The summed E-state index contributed by atoms with van der Waals surface area (Å²) in [6, 6.07) is 0. The molecule has 1 heterocycles. The second-order valence-electron chi connectivity index (χ2n) is 5.30. The smallest absolute Gasteiger partial charge is 0.407 e. The Kier molecular flexibility index (Phi) is 11.1. The van der Waals surface area contributed by atoms with Crippen molar-refractivity contribution < 1.29 is 19.0 Å². The van der Waals surface area contributed by atoms with E-state index in [1.807, 2.05) is 0 Å². The van der Waals surface area contributed by atoms with E-state index in [0.29, 0.717) is 38.9 Å². The third kappa shape index (κ3) is 10.5. The largest absolute Gasteiger partial charge is 0.450 e. The van der Waals surface area contributed by atoms with Gasteiger partial charge < -0.3 is 24.8 Å². The second-order valence-corrected chi connectivity index (χ2v) is 5.30. The first-order valence-electron chi connectivity index (χ1n) is 8.09. The van der Waals surface area contributed by atoms with E-state index in [-0.39, 0.29) is 6.09 Å². The van der Waals surface area contributed by atoms with Crippen LogP contribution in [0.1, 0.15) is 32.6 Å². The van der Waals surface area contributed by atoms with Gasteiger partial charge in [0, 0.05) is 13.2 Å². The number of piperidine rings is 1. The van der Waals surface area contributed by atoms with Gasteiger partial charge in [0.2, 0.25) is 0 Å². The molecule has 1 saturated heterocycles. The third-order valence-electron chi connectivity index (χ3n) is 3.43. The summed E-state index contributed by atoms with van der Waals surface area (Å²) in [6.45, 7) is 7.71. The quantitative estimate of drug-likeness (QED) is 0.567. The summed E-state index contributed by atoms with van der Waals surface area (Å²) < 4.78 is 16.0. The molecule has 0 aromatic heterocycles. The Morgan fingerprint density at radius 2 is 1.90 bits per heavy atom. The van der Waals surface area contributed by atoms with Gasteiger partial charge in [-0.15, -0.1) is 0 Å². The average molecular weight is 302 g/mol. The summed E-state index contributed by atoms with van der Waals surface area (Å²) in [5.74, 6) is 0.686. The molecule has 0 radical (unpaired) electrons. The maximum Gasteiger partial charge on any atom is 0.407 e. The molecule has 0 bridgehead atoms. The molecule has 0 aromatic rings. The van der Waals surface area contributed by atoms with Gasteiger partial charge in [0.05, 0.1) is 26.4 Å². The second kappa shape index (κ2) is 12.9. The van der Waals surface area contributed by atoms with Crippen LogP contribution in [0.4, 0.5) is 4.79 Å². The average Bonchev–Trinajstić information content (AvgIpc) is 2.51. The lowest BCUT2D eigenvalue weighted by molar-refractivity contribution is 0.0295. The van der Waals surface area contributed by atoms with Crippen LogP contribution >= 0.6 is 0 Å². The number of nitrogens with one attached hydrogen (secondary N) is 2. The Balaban J connectivity index is 1.78. The van der Waals surface area contributed by atoms with E-state index in [1.165, 1.54) is 12.8 Å². The number of alkyl carbamates (subject to hydrolysis) is 1. The van der Waals surface area contributed by atoms with Crippen LogP contribution in [-0.4, -0.2) is 58.8 Å². The van der Waals surface area contributed by atoms with Crippen LogP contribution in [0.15, 0.2) is 0 Å². The fourth-order valence-electron chi connectivity index (χ4n) is 2.10. The zero-order valence-electron chi connectivity index (χ0n) is 13.2. The molecule has 6 heteroatoms. The Hall–Kier alpha value is -0.850. The first-order valence-corrected chi connectivity index (χ1v) is 8.09. The maximum atomic E-state index is 11.2. The molecule has 1 rings (SSSR count). The highest BCUT2D eigenvalue weighted by Gasteiger charge is 2.12. The monoisotopic (exact) mass is 302 g/mol. The molecule has 0 unspecified atom stereocenters. The van der Waals surface area contributed by atoms with Gasteiger partial charge in [0.15, 0.2) is 0 Å². The van der Waals surface area contributed by atoms with Gasteiger partial charge in [-0.05, 0) is 38.3 Å².